The van der Waals surface area contributed by atoms with E-state index in [1.54, 1.807) is 24.3 Å². The molecule has 3 nitrogen and oxygen atoms in total. The molecule has 0 amide bonds. The fourth-order valence-electron chi connectivity index (χ4n) is 2.50. The Labute approximate surface area is 150 Å². The second-order valence-corrected chi connectivity index (χ2v) is 5.96. The van der Waals surface area contributed by atoms with Crippen molar-refractivity contribution in [1.82, 2.24) is 0 Å². The van der Waals surface area contributed by atoms with E-state index in [0.29, 0.717) is 5.56 Å². The maximum atomic E-state index is 10.8. The Morgan fingerprint density at radius 2 is 1.56 bits per heavy atom. The first-order valence-corrected chi connectivity index (χ1v) is 8.82. The number of carboxylic acids is 1. The molecule has 0 aliphatic carbocycles. The fraction of sp³-hybridized carbons (Fsp3) is 0.318. The Bertz CT molecular complexity index is 696. The number of carboxylic acid groups (broad SMARTS) is 1. The summed E-state index contributed by atoms with van der Waals surface area (Å²) in [6.45, 7) is 0.877. The number of hydrogen-bond donors (Lipinski definition) is 2. The molecule has 0 radical (unpaired) electrons. The van der Waals surface area contributed by atoms with Crippen LogP contribution < -0.4 is 5.32 Å². The molecule has 130 valence electrons. The summed E-state index contributed by atoms with van der Waals surface area (Å²) in [5, 5.41) is 12.2. The van der Waals surface area contributed by atoms with Crippen LogP contribution in [0.2, 0.25) is 0 Å². The molecule has 0 unspecified atom stereocenters. The molecule has 0 heterocycles. The zero-order valence-corrected chi connectivity index (χ0v) is 14.5. The number of unbranched alkanes of at least 4 members (excludes halogenated alkanes) is 3. The standard InChI is InChI=1S/C22H25NO2/c24-22(25)20-14-16-21(17-15-20)23-18-10-5-3-1-2-4-7-11-19-12-8-6-9-13-19/h6,8-9,12-17,23H,3-5,7,10-11,18H2,(H,24,25). The minimum Gasteiger partial charge on any atom is -0.478 e. The van der Waals surface area contributed by atoms with Crippen LogP contribution in [0.1, 0.15) is 48.0 Å². The van der Waals surface area contributed by atoms with E-state index in [1.807, 2.05) is 6.07 Å². The lowest BCUT2D eigenvalue weighted by Crippen LogP contribution is -2.02. The zero-order chi connectivity index (χ0) is 17.7. The van der Waals surface area contributed by atoms with Crippen molar-refractivity contribution in [3.63, 3.8) is 0 Å². The Morgan fingerprint density at radius 1 is 0.880 bits per heavy atom. The first-order valence-electron chi connectivity index (χ1n) is 8.82. The topological polar surface area (TPSA) is 49.3 Å². The molecule has 0 saturated heterocycles. The van der Waals surface area contributed by atoms with E-state index in [4.69, 9.17) is 5.11 Å². The van der Waals surface area contributed by atoms with E-state index < -0.39 is 5.97 Å². The number of hydrogen-bond acceptors (Lipinski definition) is 2. The number of nitrogens with one attached hydrogen (secondary N) is 1. The molecule has 0 fully saturated rings. The van der Waals surface area contributed by atoms with Gasteiger partial charge in [-0.25, -0.2) is 4.79 Å². The number of anilines is 1. The Balaban J connectivity index is 1.50. The van der Waals surface area contributed by atoms with Gasteiger partial charge in [0.25, 0.3) is 0 Å². The molecule has 0 saturated carbocycles. The molecule has 0 aliphatic heterocycles. The molecule has 0 spiro atoms. The summed E-state index contributed by atoms with van der Waals surface area (Å²) >= 11 is 0. The molecular weight excluding hydrogens is 310 g/mol. The van der Waals surface area contributed by atoms with Gasteiger partial charge in [-0.1, -0.05) is 30.3 Å². The molecule has 0 atom stereocenters. The number of aryl methyl sites for hydroxylation is 1. The maximum Gasteiger partial charge on any atom is 0.335 e. The highest BCUT2D eigenvalue weighted by Gasteiger charge is 2.00. The number of benzene rings is 2. The van der Waals surface area contributed by atoms with Gasteiger partial charge >= 0.3 is 5.97 Å². The maximum absolute atomic E-state index is 10.8. The lowest BCUT2D eigenvalue weighted by molar-refractivity contribution is 0.0697. The van der Waals surface area contributed by atoms with Crippen molar-refractivity contribution >= 4 is 11.7 Å². The van der Waals surface area contributed by atoms with Crippen LogP contribution in [0.4, 0.5) is 5.69 Å². The third kappa shape index (κ3) is 7.58. The predicted octanol–water partition coefficient (Wildman–Crippen LogP) is 4.99. The number of carbonyl (C=O) groups is 1. The summed E-state index contributed by atoms with van der Waals surface area (Å²) < 4.78 is 0. The van der Waals surface area contributed by atoms with Gasteiger partial charge in [-0.2, -0.15) is 0 Å². The Kier molecular flexibility index (Phi) is 8.14. The number of rotatable bonds is 9. The quantitative estimate of drug-likeness (QED) is 0.501. The highest BCUT2D eigenvalue weighted by atomic mass is 16.4. The molecule has 2 aromatic rings. The molecule has 25 heavy (non-hydrogen) atoms. The van der Waals surface area contributed by atoms with Crippen molar-refractivity contribution in [2.45, 2.75) is 38.5 Å². The van der Waals surface area contributed by atoms with Gasteiger partial charge in [0.15, 0.2) is 0 Å². The van der Waals surface area contributed by atoms with Crippen LogP contribution in [0.25, 0.3) is 0 Å². The van der Waals surface area contributed by atoms with Crippen molar-refractivity contribution in [2.24, 2.45) is 0 Å². The van der Waals surface area contributed by atoms with E-state index in [2.05, 4.69) is 41.4 Å². The zero-order valence-electron chi connectivity index (χ0n) is 14.5. The minimum absolute atomic E-state index is 0.313. The molecule has 2 aromatic carbocycles. The summed E-state index contributed by atoms with van der Waals surface area (Å²) in [6, 6.07) is 17.4. The van der Waals surface area contributed by atoms with Crippen LogP contribution in [0, 0.1) is 11.8 Å². The summed E-state index contributed by atoms with van der Waals surface area (Å²) in [7, 11) is 0. The van der Waals surface area contributed by atoms with Crippen LogP contribution >= 0.6 is 0 Å². The molecule has 0 aliphatic rings. The van der Waals surface area contributed by atoms with Gasteiger partial charge in [0.1, 0.15) is 0 Å². The summed E-state index contributed by atoms with van der Waals surface area (Å²) in [5.74, 6) is 5.61. The van der Waals surface area contributed by atoms with Crippen LogP contribution in [-0.4, -0.2) is 17.6 Å². The van der Waals surface area contributed by atoms with Crippen LogP contribution in [0.3, 0.4) is 0 Å². The third-order valence-electron chi connectivity index (χ3n) is 3.92. The average Bonchev–Trinajstić information content (AvgIpc) is 2.64. The van der Waals surface area contributed by atoms with Gasteiger partial charge < -0.3 is 10.4 Å². The Morgan fingerprint density at radius 3 is 2.24 bits per heavy atom. The highest BCUT2D eigenvalue weighted by molar-refractivity contribution is 5.87. The third-order valence-corrected chi connectivity index (χ3v) is 3.92. The van der Waals surface area contributed by atoms with Gasteiger partial charge in [-0.3, -0.25) is 0 Å². The summed E-state index contributed by atoms with van der Waals surface area (Å²) in [4.78, 5) is 10.8. The van der Waals surface area contributed by atoms with E-state index in [9.17, 15) is 4.79 Å². The van der Waals surface area contributed by atoms with Crippen LogP contribution in [0.15, 0.2) is 54.6 Å². The van der Waals surface area contributed by atoms with E-state index in [-0.39, 0.29) is 0 Å². The smallest absolute Gasteiger partial charge is 0.335 e. The lowest BCUT2D eigenvalue weighted by Gasteiger charge is -2.05. The molecule has 3 heteroatoms. The minimum atomic E-state index is -0.895. The normalized spacial score (nSPS) is 9.92. The van der Waals surface area contributed by atoms with Crippen molar-refractivity contribution in [3.05, 3.63) is 65.7 Å². The monoisotopic (exact) mass is 335 g/mol. The highest BCUT2D eigenvalue weighted by Crippen LogP contribution is 2.10. The van der Waals surface area contributed by atoms with E-state index in [1.165, 1.54) is 5.56 Å². The van der Waals surface area contributed by atoms with Crippen molar-refractivity contribution in [1.29, 1.82) is 0 Å². The average molecular weight is 335 g/mol. The largest absolute Gasteiger partial charge is 0.478 e. The lowest BCUT2D eigenvalue weighted by atomic mass is 10.1. The fourth-order valence-corrected chi connectivity index (χ4v) is 2.50. The second-order valence-electron chi connectivity index (χ2n) is 5.96. The first-order chi connectivity index (χ1) is 12.3. The Hall–Kier alpha value is -2.73. The first kappa shape index (κ1) is 18.6. The van der Waals surface area contributed by atoms with Crippen molar-refractivity contribution < 1.29 is 9.90 Å². The summed E-state index contributed by atoms with van der Waals surface area (Å²) in [5.41, 5.74) is 2.65. The van der Waals surface area contributed by atoms with Gasteiger partial charge in [-0.15, -0.1) is 11.8 Å². The molecule has 2 rings (SSSR count). The SMILES string of the molecule is O=C(O)c1ccc(NCCCCC#CCCCc2ccccc2)cc1. The van der Waals surface area contributed by atoms with E-state index in [0.717, 1.165) is 50.8 Å². The molecular formula is C22H25NO2. The molecule has 0 aromatic heterocycles. The van der Waals surface area contributed by atoms with Crippen LogP contribution in [0.5, 0.6) is 0 Å². The van der Waals surface area contributed by atoms with Gasteiger partial charge in [-0.05, 0) is 55.5 Å². The van der Waals surface area contributed by atoms with Crippen LogP contribution in [-0.2, 0) is 6.42 Å². The molecule has 2 N–H and O–H groups in total. The molecule has 0 bridgehead atoms. The van der Waals surface area contributed by atoms with Gasteiger partial charge in [0, 0.05) is 25.1 Å². The van der Waals surface area contributed by atoms with E-state index >= 15 is 0 Å². The second kappa shape index (κ2) is 10.9. The van der Waals surface area contributed by atoms with Gasteiger partial charge in [0.05, 0.1) is 5.56 Å². The van der Waals surface area contributed by atoms with Gasteiger partial charge in [0.2, 0.25) is 0 Å². The number of aromatic carboxylic acids is 1. The summed E-state index contributed by atoms with van der Waals surface area (Å²) in [6.07, 6.45) is 6.24. The van der Waals surface area contributed by atoms with Crippen molar-refractivity contribution in [3.8, 4) is 11.8 Å². The van der Waals surface area contributed by atoms with Crippen molar-refractivity contribution in [2.75, 3.05) is 11.9 Å². The predicted molar refractivity (Wildman–Crippen MR) is 103 cm³/mol.